The van der Waals surface area contributed by atoms with Crippen LogP contribution in [0, 0.1) is 6.92 Å². The van der Waals surface area contributed by atoms with Crippen molar-refractivity contribution in [3.63, 3.8) is 0 Å². The molecule has 0 aliphatic carbocycles. The molecule has 1 saturated heterocycles. The van der Waals surface area contributed by atoms with Crippen molar-refractivity contribution in [2.45, 2.75) is 26.3 Å². The van der Waals surface area contributed by atoms with E-state index in [2.05, 4.69) is 0 Å². The molecule has 2 aromatic rings. The van der Waals surface area contributed by atoms with Gasteiger partial charge in [-0.3, -0.25) is 9.59 Å². The minimum absolute atomic E-state index is 0.0811. The Labute approximate surface area is 195 Å². The van der Waals surface area contributed by atoms with E-state index in [-0.39, 0.29) is 11.3 Å². The number of ketones is 1. The monoisotopic (exact) mass is 453 g/mol. The van der Waals surface area contributed by atoms with Crippen molar-refractivity contribution in [1.29, 1.82) is 0 Å². The first-order valence-electron chi connectivity index (χ1n) is 11.2. The number of methoxy groups -OCH3 is 1. The van der Waals surface area contributed by atoms with E-state index in [4.69, 9.17) is 9.47 Å². The molecule has 2 aromatic carbocycles. The number of aryl methyl sites for hydroxylation is 1. The van der Waals surface area contributed by atoms with Crippen LogP contribution in [0.3, 0.4) is 0 Å². The number of hydrogen-bond donors (Lipinski definition) is 2. The summed E-state index contributed by atoms with van der Waals surface area (Å²) in [7, 11) is 5.66. The molecule has 1 aliphatic heterocycles. The van der Waals surface area contributed by atoms with E-state index in [9.17, 15) is 14.7 Å². The third kappa shape index (κ3) is 5.03. The van der Waals surface area contributed by atoms with Crippen LogP contribution in [0.5, 0.6) is 11.5 Å². The maximum absolute atomic E-state index is 13.2. The SMILES string of the molecule is CCOc1ccccc1C1C(=C(O)c2ccc(OC)cc2C)C(=O)C(=O)N1CCC[NH+](C)C. The van der Waals surface area contributed by atoms with Crippen molar-refractivity contribution in [1.82, 2.24) is 4.90 Å². The van der Waals surface area contributed by atoms with Gasteiger partial charge in [-0.2, -0.15) is 0 Å². The summed E-state index contributed by atoms with van der Waals surface area (Å²) in [5.41, 5.74) is 2.00. The number of para-hydroxylation sites is 1. The lowest BCUT2D eigenvalue weighted by Crippen LogP contribution is -3.05. The van der Waals surface area contributed by atoms with Crippen LogP contribution in [-0.2, 0) is 9.59 Å². The number of quaternary nitrogens is 1. The van der Waals surface area contributed by atoms with E-state index >= 15 is 0 Å². The molecule has 0 saturated carbocycles. The topological polar surface area (TPSA) is 80.5 Å². The lowest BCUT2D eigenvalue weighted by molar-refractivity contribution is -0.858. The minimum atomic E-state index is -0.730. The van der Waals surface area contributed by atoms with Crippen LogP contribution in [0.4, 0.5) is 0 Å². The second kappa shape index (κ2) is 10.5. The molecule has 1 atom stereocenters. The van der Waals surface area contributed by atoms with Gasteiger partial charge in [-0.25, -0.2) is 0 Å². The van der Waals surface area contributed by atoms with Crippen molar-refractivity contribution in [2.24, 2.45) is 0 Å². The molecule has 7 heteroatoms. The van der Waals surface area contributed by atoms with Crippen molar-refractivity contribution in [3.8, 4) is 11.5 Å². The average molecular weight is 454 g/mol. The summed E-state index contributed by atoms with van der Waals surface area (Å²) in [6.07, 6.45) is 0.726. The molecular weight excluding hydrogens is 420 g/mol. The van der Waals surface area contributed by atoms with Gasteiger partial charge >= 0.3 is 0 Å². The maximum atomic E-state index is 13.2. The number of likely N-dealkylation sites (tertiary alicyclic amines) is 1. The number of aliphatic hydroxyl groups excluding tert-OH is 1. The molecule has 1 unspecified atom stereocenters. The number of Topliss-reactive ketones (excluding diaryl/α,β-unsaturated/α-hetero) is 1. The lowest BCUT2D eigenvalue weighted by Gasteiger charge is -2.27. The zero-order valence-electron chi connectivity index (χ0n) is 20.0. The highest BCUT2D eigenvalue weighted by atomic mass is 16.5. The molecule has 1 heterocycles. The van der Waals surface area contributed by atoms with Crippen molar-refractivity contribution < 1.29 is 29.1 Å². The summed E-state index contributed by atoms with van der Waals surface area (Å²) in [5.74, 6) is -0.240. The molecular formula is C26H33N2O5+. The Morgan fingerprint density at radius 3 is 2.52 bits per heavy atom. The van der Waals surface area contributed by atoms with Crippen LogP contribution in [0.1, 0.15) is 36.1 Å². The zero-order chi connectivity index (χ0) is 24.1. The summed E-state index contributed by atoms with van der Waals surface area (Å²) in [4.78, 5) is 29.2. The van der Waals surface area contributed by atoms with Crippen molar-refractivity contribution in [2.75, 3.05) is 40.9 Å². The predicted molar refractivity (Wildman–Crippen MR) is 127 cm³/mol. The minimum Gasteiger partial charge on any atom is -0.507 e. The highest BCUT2D eigenvalue weighted by Gasteiger charge is 2.47. The highest BCUT2D eigenvalue weighted by molar-refractivity contribution is 6.46. The number of amides is 1. The number of ether oxygens (including phenoxy) is 2. The number of hydrogen-bond acceptors (Lipinski definition) is 5. The fraction of sp³-hybridized carbons (Fsp3) is 0.385. The Hall–Kier alpha value is -3.32. The number of carbonyl (C=O) groups excluding carboxylic acids is 2. The first kappa shape index (κ1) is 24.3. The van der Waals surface area contributed by atoms with Gasteiger partial charge in [0.05, 0.1) is 46.0 Å². The Kier molecular flexibility index (Phi) is 7.76. The second-order valence-electron chi connectivity index (χ2n) is 8.45. The summed E-state index contributed by atoms with van der Waals surface area (Å²) in [5, 5.41) is 11.3. The number of rotatable bonds is 9. The fourth-order valence-electron chi connectivity index (χ4n) is 4.20. The molecule has 1 fully saturated rings. The molecule has 1 aliphatic rings. The maximum Gasteiger partial charge on any atom is 0.295 e. The molecule has 2 N–H and O–H groups in total. The van der Waals surface area contributed by atoms with E-state index in [0.29, 0.717) is 35.8 Å². The van der Waals surface area contributed by atoms with Gasteiger partial charge in [0.15, 0.2) is 0 Å². The summed E-state index contributed by atoms with van der Waals surface area (Å²) < 4.78 is 11.1. The quantitative estimate of drug-likeness (QED) is 0.346. The van der Waals surface area contributed by atoms with E-state index in [0.717, 1.165) is 18.5 Å². The molecule has 3 rings (SSSR count). The van der Waals surface area contributed by atoms with Crippen LogP contribution in [0.2, 0.25) is 0 Å². The van der Waals surface area contributed by atoms with Gasteiger partial charge in [0.2, 0.25) is 0 Å². The standard InChI is InChI=1S/C26H32N2O5/c1-6-33-21-11-8-7-10-20(21)23-22(24(29)19-13-12-18(32-5)16-17(19)2)25(30)26(31)28(23)15-9-14-27(3)4/h7-8,10-13,16,23,29H,6,9,14-15H2,1-5H3/p+1. The smallest absolute Gasteiger partial charge is 0.295 e. The van der Waals surface area contributed by atoms with Gasteiger partial charge in [-0.1, -0.05) is 18.2 Å². The largest absolute Gasteiger partial charge is 0.507 e. The van der Waals surface area contributed by atoms with Crippen LogP contribution >= 0.6 is 0 Å². The highest BCUT2D eigenvalue weighted by Crippen LogP contribution is 2.43. The van der Waals surface area contributed by atoms with E-state index in [1.165, 1.54) is 4.90 Å². The summed E-state index contributed by atoms with van der Waals surface area (Å²) in [6, 6.07) is 11.9. The van der Waals surface area contributed by atoms with Crippen LogP contribution in [0.15, 0.2) is 48.0 Å². The molecule has 7 nitrogen and oxygen atoms in total. The summed E-state index contributed by atoms with van der Waals surface area (Å²) in [6.45, 7) is 5.41. The third-order valence-corrected chi connectivity index (χ3v) is 5.82. The molecule has 0 radical (unpaired) electrons. The summed E-state index contributed by atoms with van der Waals surface area (Å²) >= 11 is 0. The van der Waals surface area contributed by atoms with Crippen LogP contribution in [-0.4, -0.2) is 62.6 Å². The Balaban J connectivity index is 2.17. The average Bonchev–Trinajstić information content (AvgIpc) is 3.04. The van der Waals surface area contributed by atoms with Gasteiger partial charge in [-0.15, -0.1) is 0 Å². The van der Waals surface area contributed by atoms with Crippen LogP contribution in [0.25, 0.3) is 5.76 Å². The number of nitrogens with zero attached hydrogens (tertiary/aromatic N) is 1. The number of aliphatic hydroxyl groups is 1. The van der Waals surface area contributed by atoms with Crippen molar-refractivity contribution >= 4 is 17.4 Å². The Morgan fingerprint density at radius 2 is 1.88 bits per heavy atom. The van der Waals surface area contributed by atoms with Gasteiger partial charge in [0.1, 0.15) is 17.3 Å². The number of carbonyl (C=O) groups is 2. The number of nitrogens with one attached hydrogen (secondary N) is 1. The van der Waals surface area contributed by atoms with Crippen molar-refractivity contribution in [3.05, 3.63) is 64.7 Å². The van der Waals surface area contributed by atoms with Gasteiger partial charge in [0.25, 0.3) is 11.7 Å². The molecule has 0 spiro atoms. The first-order chi connectivity index (χ1) is 15.8. The van der Waals surface area contributed by atoms with E-state index in [1.807, 2.05) is 52.2 Å². The Morgan fingerprint density at radius 1 is 1.15 bits per heavy atom. The van der Waals surface area contributed by atoms with E-state index in [1.54, 1.807) is 30.2 Å². The second-order valence-corrected chi connectivity index (χ2v) is 8.45. The molecule has 0 bridgehead atoms. The molecule has 33 heavy (non-hydrogen) atoms. The van der Waals surface area contributed by atoms with E-state index < -0.39 is 17.7 Å². The van der Waals surface area contributed by atoms with Crippen LogP contribution < -0.4 is 14.4 Å². The first-order valence-corrected chi connectivity index (χ1v) is 11.2. The number of benzene rings is 2. The van der Waals surface area contributed by atoms with Gasteiger partial charge < -0.3 is 24.4 Å². The molecule has 0 aromatic heterocycles. The molecule has 176 valence electrons. The Bertz CT molecular complexity index is 1060. The molecule has 1 amide bonds. The normalized spacial score (nSPS) is 17.6. The van der Waals surface area contributed by atoms with Gasteiger partial charge in [-0.05, 0) is 43.7 Å². The van der Waals surface area contributed by atoms with Gasteiger partial charge in [0, 0.05) is 24.1 Å². The fourth-order valence-corrected chi connectivity index (χ4v) is 4.20. The third-order valence-electron chi connectivity index (χ3n) is 5.82. The zero-order valence-corrected chi connectivity index (χ0v) is 20.0. The lowest BCUT2D eigenvalue weighted by atomic mass is 9.93. The predicted octanol–water partition coefficient (Wildman–Crippen LogP) is 2.36.